The molecule has 0 atom stereocenters. The molecule has 0 unspecified atom stereocenters. The van der Waals surface area contributed by atoms with Crippen LogP contribution in [0.4, 0.5) is 11.9 Å². The summed E-state index contributed by atoms with van der Waals surface area (Å²) in [5.74, 6) is 1.14. The zero-order chi connectivity index (χ0) is 13.5. The normalized spacial score (nSPS) is 10.5. The second kappa shape index (κ2) is 7.33. The van der Waals surface area contributed by atoms with Gasteiger partial charge in [-0.3, -0.25) is 0 Å². The van der Waals surface area contributed by atoms with Crippen LogP contribution in [-0.2, 0) is 4.74 Å². The molecule has 1 rings (SSSR count). The third kappa shape index (κ3) is 4.27. The SMILES string of the molecule is CCOCCN(CC)c1nc(Cl)nc(N(C)C)n1. The van der Waals surface area contributed by atoms with Gasteiger partial charge in [0.25, 0.3) is 0 Å². The van der Waals surface area contributed by atoms with Gasteiger partial charge in [-0.15, -0.1) is 0 Å². The summed E-state index contributed by atoms with van der Waals surface area (Å²) in [5.41, 5.74) is 0. The summed E-state index contributed by atoms with van der Waals surface area (Å²) < 4.78 is 5.34. The van der Waals surface area contributed by atoms with Gasteiger partial charge in [0.15, 0.2) is 0 Å². The molecule has 0 amide bonds. The first-order valence-electron chi connectivity index (χ1n) is 6.00. The monoisotopic (exact) mass is 273 g/mol. The minimum absolute atomic E-state index is 0.207. The summed E-state index contributed by atoms with van der Waals surface area (Å²) in [5, 5.41) is 0.207. The number of halogens is 1. The third-order valence-corrected chi connectivity index (χ3v) is 2.53. The molecule has 7 heteroatoms. The van der Waals surface area contributed by atoms with Gasteiger partial charge in [-0.2, -0.15) is 15.0 Å². The molecule has 18 heavy (non-hydrogen) atoms. The zero-order valence-corrected chi connectivity index (χ0v) is 12.1. The van der Waals surface area contributed by atoms with Crippen molar-refractivity contribution >= 4 is 23.5 Å². The number of rotatable bonds is 7. The molecule has 0 spiro atoms. The predicted molar refractivity (Wildman–Crippen MR) is 73.5 cm³/mol. The number of anilines is 2. The number of likely N-dealkylation sites (N-methyl/N-ethyl adjacent to an activating group) is 1. The van der Waals surface area contributed by atoms with E-state index in [4.69, 9.17) is 16.3 Å². The van der Waals surface area contributed by atoms with E-state index in [0.717, 1.165) is 13.1 Å². The van der Waals surface area contributed by atoms with Crippen LogP contribution in [0, 0.1) is 0 Å². The molecule has 0 radical (unpaired) electrons. The van der Waals surface area contributed by atoms with Crippen LogP contribution in [0.25, 0.3) is 0 Å². The Morgan fingerprint density at radius 1 is 1.11 bits per heavy atom. The fourth-order valence-corrected chi connectivity index (χ4v) is 1.54. The number of aromatic nitrogens is 3. The molecule has 0 saturated carbocycles. The number of hydrogen-bond donors (Lipinski definition) is 0. The lowest BCUT2D eigenvalue weighted by molar-refractivity contribution is 0.153. The second-order valence-electron chi connectivity index (χ2n) is 3.88. The highest BCUT2D eigenvalue weighted by Crippen LogP contribution is 2.14. The highest BCUT2D eigenvalue weighted by molar-refractivity contribution is 6.28. The van der Waals surface area contributed by atoms with Gasteiger partial charge in [-0.1, -0.05) is 0 Å². The van der Waals surface area contributed by atoms with Crippen molar-refractivity contribution in [3.8, 4) is 0 Å². The van der Waals surface area contributed by atoms with Crippen LogP contribution in [0.3, 0.4) is 0 Å². The van der Waals surface area contributed by atoms with Crippen LogP contribution < -0.4 is 9.80 Å². The summed E-state index contributed by atoms with van der Waals surface area (Å²) in [7, 11) is 3.73. The van der Waals surface area contributed by atoms with Crippen molar-refractivity contribution in [2.45, 2.75) is 13.8 Å². The molecule has 0 aliphatic rings. The van der Waals surface area contributed by atoms with Crippen LogP contribution >= 0.6 is 11.6 Å². The van der Waals surface area contributed by atoms with Gasteiger partial charge in [0.05, 0.1) is 6.61 Å². The van der Waals surface area contributed by atoms with E-state index >= 15 is 0 Å². The van der Waals surface area contributed by atoms with E-state index < -0.39 is 0 Å². The lowest BCUT2D eigenvalue weighted by atomic mass is 10.5. The molecule has 0 fully saturated rings. The smallest absolute Gasteiger partial charge is 0.231 e. The molecule has 0 saturated heterocycles. The molecule has 0 N–H and O–H groups in total. The van der Waals surface area contributed by atoms with Gasteiger partial charge in [-0.05, 0) is 25.4 Å². The van der Waals surface area contributed by atoms with E-state index in [0.29, 0.717) is 25.1 Å². The van der Waals surface area contributed by atoms with Crippen molar-refractivity contribution in [1.29, 1.82) is 0 Å². The van der Waals surface area contributed by atoms with Gasteiger partial charge in [0.1, 0.15) is 0 Å². The minimum atomic E-state index is 0.207. The lowest BCUT2D eigenvalue weighted by Crippen LogP contribution is -2.30. The fourth-order valence-electron chi connectivity index (χ4n) is 1.39. The average molecular weight is 274 g/mol. The summed E-state index contributed by atoms with van der Waals surface area (Å²) >= 11 is 5.91. The van der Waals surface area contributed by atoms with Crippen molar-refractivity contribution in [2.75, 3.05) is 50.2 Å². The Balaban J connectivity index is 2.84. The summed E-state index contributed by atoms with van der Waals surface area (Å²) in [6, 6.07) is 0. The molecular weight excluding hydrogens is 254 g/mol. The molecule has 102 valence electrons. The Kier molecular flexibility index (Phi) is 6.07. The van der Waals surface area contributed by atoms with Gasteiger partial charge in [0, 0.05) is 33.8 Å². The molecule has 0 bridgehead atoms. The highest BCUT2D eigenvalue weighted by atomic mass is 35.5. The lowest BCUT2D eigenvalue weighted by Gasteiger charge is -2.21. The molecule has 1 aromatic heterocycles. The third-order valence-electron chi connectivity index (χ3n) is 2.36. The van der Waals surface area contributed by atoms with Crippen LogP contribution in [0.5, 0.6) is 0 Å². The van der Waals surface area contributed by atoms with E-state index in [1.807, 2.05) is 32.8 Å². The quantitative estimate of drug-likeness (QED) is 0.701. The molecule has 0 aliphatic carbocycles. The maximum atomic E-state index is 5.91. The average Bonchev–Trinajstić information content (AvgIpc) is 2.34. The molecule has 1 aromatic rings. The number of ether oxygens (including phenoxy) is 1. The first-order valence-corrected chi connectivity index (χ1v) is 6.37. The van der Waals surface area contributed by atoms with Gasteiger partial charge < -0.3 is 14.5 Å². The maximum Gasteiger partial charge on any atom is 0.231 e. The summed E-state index contributed by atoms with van der Waals surface area (Å²) in [6.07, 6.45) is 0. The van der Waals surface area contributed by atoms with Crippen molar-refractivity contribution in [2.24, 2.45) is 0 Å². The standard InChI is InChI=1S/C11H20ClN5O/c1-5-17(7-8-18-6-2)11-14-9(12)13-10(15-11)16(3)4/h5-8H2,1-4H3. The molecular formula is C11H20ClN5O. The van der Waals surface area contributed by atoms with Gasteiger partial charge >= 0.3 is 0 Å². The van der Waals surface area contributed by atoms with Crippen molar-refractivity contribution in [3.05, 3.63) is 5.28 Å². The van der Waals surface area contributed by atoms with E-state index in [1.165, 1.54) is 0 Å². The van der Waals surface area contributed by atoms with E-state index in [-0.39, 0.29) is 5.28 Å². The van der Waals surface area contributed by atoms with Crippen molar-refractivity contribution in [1.82, 2.24) is 15.0 Å². The van der Waals surface area contributed by atoms with Crippen LogP contribution in [-0.4, -0.2) is 55.4 Å². The molecule has 1 heterocycles. The minimum Gasteiger partial charge on any atom is -0.380 e. The predicted octanol–water partition coefficient (Wildman–Crippen LogP) is 1.45. The first-order chi connectivity index (χ1) is 8.58. The Morgan fingerprint density at radius 2 is 1.78 bits per heavy atom. The van der Waals surface area contributed by atoms with Crippen molar-refractivity contribution < 1.29 is 4.74 Å². The van der Waals surface area contributed by atoms with E-state index in [1.54, 1.807) is 4.90 Å². The summed E-state index contributed by atoms with van der Waals surface area (Å²) in [4.78, 5) is 16.4. The molecule has 0 aliphatic heterocycles. The topological polar surface area (TPSA) is 54.4 Å². The first kappa shape index (κ1) is 14.9. The summed E-state index contributed by atoms with van der Waals surface area (Å²) in [6.45, 7) is 6.89. The fraction of sp³-hybridized carbons (Fsp3) is 0.727. The van der Waals surface area contributed by atoms with Crippen LogP contribution in [0.15, 0.2) is 0 Å². The van der Waals surface area contributed by atoms with E-state index in [9.17, 15) is 0 Å². The van der Waals surface area contributed by atoms with Crippen LogP contribution in [0.2, 0.25) is 5.28 Å². The zero-order valence-electron chi connectivity index (χ0n) is 11.4. The Morgan fingerprint density at radius 3 is 2.33 bits per heavy atom. The van der Waals surface area contributed by atoms with Crippen LogP contribution in [0.1, 0.15) is 13.8 Å². The highest BCUT2D eigenvalue weighted by Gasteiger charge is 2.12. The molecule has 0 aromatic carbocycles. The second-order valence-corrected chi connectivity index (χ2v) is 4.21. The van der Waals surface area contributed by atoms with Crippen molar-refractivity contribution in [3.63, 3.8) is 0 Å². The number of nitrogens with zero attached hydrogens (tertiary/aromatic N) is 5. The maximum absolute atomic E-state index is 5.91. The Hall–Kier alpha value is -1.14. The largest absolute Gasteiger partial charge is 0.380 e. The van der Waals surface area contributed by atoms with Gasteiger partial charge in [-0.25, -0.2) is 0 Å². The Labute approximate surface area is 113 Å². The Bertz CT molecular complexity index is 374. The number of hydrogen-bond acceptors (Lipinski definition) is 6. The van der Waals surface area contributed by atoms with E-state index in [2.05, 4.69) is 15.0 Å². The van der Waals surface area contributed by atoms with Gasteiger partial charge in [0.2, 0.25) is 17.2 Å². The molecule has 6 nitrogen and oxygen atoms in total.